The molecule has 0 spiro atoms. The van der Waals surface area contributed by atoms with E-state index in [-0.39, 0.29) is 11.3 Å². The van der Waals surface area contributed by atoms with Crippen LogP contribution in [0.15, 0.2) is 11.6 Å². The van der Waals surface area contributed by atoms with Crippen LogP contribution in [0.4, 0.5) is 0 Å². The fraction of sp³-hybridized carbons (Fsp3) is 0.769. The molecule has 3 heteroatoms. The molecule has 0 aliphatic carbocycles. The van der Waals surface area contributed by atoms with E-state index < -0.39 is 0 Å². The number of nitrogens with zero attached hydrogens (tertiary/aromatic N) is 1. The van der Waals surface area contributed by atoms with Crippen molar-refractivity contribution in [2.75, 3.05) is 26.3 Å². The largest absolute Gasteiger partial charge is 0.379 e. The third kappa shape index (κ3) is 2.64. The minimum Gasteiger partial charge on any atom is -0.379 e. The van der Waals surface area contributed by atoms with Crippen LogP contribution >= 0.6 is 0 Å². The normalized spacial score (nSPS) is 22.5. The Morgan fingerprint density at radius 1 is 1.44 bits per heavy atom. The van der Waals surface area contributed by atoms with Crippen molar-refractivity contribution >= 4 is 5.91 Å². The predicted octanol–water partition coefficient (Wildman–Crippen LogP) is 2.23. The van der Waals surface area contributed by atoms with Crippen molar-refractivity contribution in [2.24, 2.45) is 5.41 Å². The number of rotatable bonds is 1. The minimum absolute atomic E-state index is 0.237. The summed E-state index contributed by atoms with van der Waals surface area (Å²) >= 11 is 0. The SMILES string of the molecule is CC.CC1=CCN(C(=O)C2(C)COC2)CC1. The Balaban J connectivity index is 0.000000606. The maximum atomic E-state index is 12.0. The molecule has 0 aromatic heterocycles. The highest BCUT2D eigenvalue weighted by Crippen LogP contribution is 2.29. The molecule has 0 atom stereocenters. The number of ether oxygens (including phenoxy) is 1. The molecule has 3 nitrogen and oxygen atoms in total. The average Bonchev–Trinajstić information content (AvgIpc) is 2.29. The number of carbonyl (C=O) groups excluding carboxylic acids is 1. The average molecular weight is 225 g/mol. The van der Waals surface area contributed by atoms with Crippen LogP contribution in [0.25, 0.3) is 0 Å². The summed E-state index contributed by atoms with van der Waals surface area (Å²) in [5.41, 5.74) is 1.16. The summed E-state index contributed by atoms with van der Waals surface area (Å²) < 4.78 is 5.11. The van der Waals surface area contributed by atoms with Crippen LogP contribution < -0.4 is 0 Å². The number of hydrogen-bond acceptors (Lipinski definition) is 2. The van der Waals surface area contributed by atoms with E-state index >= 15 is 0 Å². The highest BCUT2D eigenvalue weighted by atomic mass is 16.5. The molecule has 0 bridgehead atoms. The van der Waals surface area contributed by atoms with Crippen molar-refractivity contribution < 1.29 is 9.53 Å². The van der Waals surface area contributed by atoms with Crippen LogP contribution in [0.3, 0.4) is 0 Å². The monoisotopic (exact) mass is 225 g/mol. The van der Waals surface area contributed by atoms with E-state index in [1.165, 1.54) is 5.57 Å². The first kappa shape index (κ1) is 13.2. The van der Waals surface area contributed by atoms with Gasteiger partial charge in [0.25, 0.3) is 0 Å². The molecule has 2 heterocycles. The van der Waals surface area contributed by atoms with Gasteiger partial charge in [-0.3, -0.25) is 4.79 Å². The summed E-state index contributed by atoms with van der Waals surface area (Å²) in [5.74, 6) is 0.257. The van der Waals surface area contributed by atoms with Gasteiger partial charge in [0.15, 0.2) is 0 Å². The molecule has 2 aliphatic heterocycles. The lowest BCUT2D eigenvalue weighted by Crippen LogP contribution is -2.54. The van der Waals surface area contributed by atoms with Crippen molar-refractivity contribution in [3.8, 4) is 0 Å². The Bertz CT molecular complexity index is 280. The molecule has 0 unspecified atom stereocenters. The quantitative estimate of drug-likeness (QED) is 0.640. The van der Waals surface area contributed by atoms with Gasteiger partial charge in [0.1, 0.15) is 0 Å². The molecule has 2 aliphatic rings. The molecule has 1 saturated heterocycles. The molecule has 0 aromatic rings. The summed E-state index contributed by atoms with van der Waals surface area (Å²) in [6.45, 7) is 10.9. The first-order valence-corrected chi connectivity index (χ1v) is 6.15. The van der Waals surface area contributed by atoms with E-state index in [9.17, 15) is 4.79 Å². The van der Waals surface area contributed by atoms with Crippen LogP contribution in [-0.4, -0.2) is 37.1 Å². The lowest BCUT2D eigenvalue weighted by Gasteiger charge is -2.41. The van der Waals surface area contributed by atoms with E-state index in [2.05, 4.69) is 13.0 Å². The second-order valence-corrected chi connectivity index (χ2v) is 4.61. The lowest BCUT2D eigenvalue weighted by molar-refractivity contribution is -0.168. The molecule has 2 rings (SSSR count). The minimum atomic E-state index is -0.237. The van der Waals surface area contributed by atoms with Gasteiger partial charge in [0.2, 0.25) is 5.91 Å². The molecule has 0 saturated carbocycles. The van der Waals surface area contributed by atoms with Crippen LogP contribution in [-0.2, 0) is 9.53 Å². The van der Waals surface area contributed by atoms with Crippen LogP contribution in [0.5, 0.6) is 0 Å². The molecule has 1 fully saturated rings. The molecular weight excluding hydrogens is 202 g/mol. The van der Waals surface area contributed by atoms with Gasteiger partial charge in [0.05, 0.1) is 18.6 Å². The van der Waals surface area contributed by atoms with E-state index in [0.717, 1.165) is 19.5 Å². The van der Waals surface area contributed by atoms with Gasteiger partial charge in [-0.05, 0) is 20.3 Å². The van der Waals surface area contributed by atoms with Crippen molar-refractivity contribution in [1.82, 2.24) is 4.90 Å². The van der Waals surface area contributed by atoms with Gasteiger partial charge in [-0.2, -0.15) is 0 Å². The summed E-state index contributed by atoms with van der Waals surface area (Å²) in [7, 11) is 0. The fourth-order valence-corrected chi connectivity index (χ4v) is 1.87. The van der Waals surface area contributed by atoms with Crippen LogP contribution in [0.2, 0.25) is 0 Å². The van der Waals surface area contributed by atoms with E-state index in [0.29, 0.717) is 13.2 Å². The second-order valence-electron chi connectivity index (χ2n) is 4.61. The van der Waals surface area contributed by atoms with Crippen LogP contribution in [0.1, 0.15) is 34.1 Å². The molecule has 0 radical (unpaired) electrons. The highest BCUT2D eigenvalue weighted by molar-refractivity contribution is 5.83. The topological polar surface area (TPSA) is 29.5 Å². The number of carbonyl (C=O) groups is 1. The first-order chi connectivity index (χ1) is 7.62. The standard InChI is InChI=1S/C11H17NO2.C2H6/c1-9-3-5-12(6-4-9)10(13)11(2)7-14-8-11;1-2/h3H,4-8H2,1-2H3;1-2H3. The van der Waals surface area contributed by atoms with Gasteiger partial charge in [0, 0.05) is 13.1 Å². The molecule has 0 N–H and O–H groups in total. The summed E-state index contributed by atoms with van der Waals surface area (Å²) in [5, 5.41) is 0. The third-order valence-corrected chi connectivity index (χ3v) is 3.08. The zero-order valence-corrected chi connectivity index (χ0v) is 10.9. The zero-order chi connectivity index (χ0) is 12.2. The van der Waals surface area contributed by atoms with Crippen molar-refractivity contribution in [2.45, 2.75) is 34.1 Å². The maximum Gasteiger partial charge on any atom is 0.233 e. The van der Waals surface area contributed by atoms with Crippen molar-refractivity contribution in [1.29, 1.82) is 0 Å². The molecule has 16 heavy (non-hydrogen) atoms. The molecule has 0 aromatic carbocycles. The van der Waals surface area contributed by atoms with Gasteiger partial charge in [-0.25, -0.2) is 0 Å². The van der Waals surface area contributed by atoms with E-state index in [4.69, 9.17) is 4.74 Å². The summed E-state index contributed by atoms with van der Waals surface area (Å²) in [6.07, 6.45) is 3.16. The summed E-state index contributed by atoms with van der Waals surface area (Å²) in [4.78, 5) is 14.0. The lowest BCUT2D eigenvalue weighted by atomic mass is 9.86. The second kappa shape index (κ2) is 5.48. The fourth-order valence-electron chi connectivity index (χ4n) is 1.87. The van der Waals surface area contributed by atoms with Crippen LogP contribution in [0, 0.1) is 5.41 Å². The first-order valence-electron chi connectivity index (χ1n) is 6.15. The summed E-state index contributed by atoms with van der Waals surface area (Å²) in [6, 6.07) is 0. The molecule has 1 amide bonds. The van der Waals surface area contributed by atoms with Crippen molar-refractivity contribution in [3.63, 3.8) is 0 Å². The Hall–Kier alpha value is -0.830. The maximum absolute atomic E-state index is 12.0. The predicted molar refractivity (Wildman–Crippen MR) is 65.2 cm³/mol. The van der Waals surface area contributed by atoms with Crippen molar-refractivity contribution in [3.05, 3.63) is 11.6 Å². The van der Waals surface area contributed by atoms with Gasteiger partial charge >= 0.3 is 0 Å². The highest BCUT2D eigenvalue weighted by Gasteiger charge is 2.43. The number of hydrogen-bond donors (Lipinski definition) is 0. The zero-order valence-electron chi connectivity index (χ0n) is 10.9. The Morgan fingerprint density at radius 2 is 2.06 bits per heavy atom. The van der Waals surface area contributed by atoms with Gasteiger partial charge in [-0.1, -0.05) is 25.5 Å². The van der Waals surface area contributed by atoms with Gasteiger partial charge in [-0.15, -0.1) is 0 Å². The van der Waals surface area contributed by atoms with E-state index in [1.807, 2.05) is 25.7 Å². The number of amides is 1. The Morgan fingerprint density at radius 3 is 2.44 bits per heavy atom. The molecular formula is C13H23NO2. The van der Waals surface area contributed by atoms with E-state index in [1.54, 1.807) is 0 Å². The Labute approximate surface area is 98.5 Å². The Kier molecular flexibility index (Phi) is 4.54. The van der Waals surface area contributed by atoms with Gasteiger partial charge < -0.3 is 9.64 Å². The third-order valence-electron chi connectivity index (χ3n) is 3.08. The molecule has 92 valence electrons. The smallest absolute Gasteiger partial charge is 0.233 e.